The smallest absolute Gasteiger partial charge is 0.152 e. The van der Waals surface area contributed by atoms with Gasteiger partial charge in [-0.25, -0.2) is 9.97 Å². The third kappa shape index (κ3) is 4.42. The molecule has 0 saturated carbocycles. The first-order valence-corrected chi connectivity index (χ1v) is 4.82. The van der Waals surface area contributed by atoms with Crippen LogP contribution < -0.4 is 11.1 Å². The van der Waals surface area contributed by atoms with Crippen molar-refractivity contribution in [3.63, 3.8) is 0 Å². The van der Waals surface area contributed by atoms with Crippen molar-refractivity contribution in [1.29, 1.82) is 0 Å². The first-order chi connectivity index (χ1) is 7.34. The van der Waals surface area contributed by atoms with Crippen LogP contribution in [0.25, 0.3) is 0 Å². The average molecular weight is 208 g/mol. The molecule has 0 fully saturated rings. The van der Waals surface area contributed by atoms with E-state index in [0.29, 0.717) is 31.3 Å². The second kappa shape index (κ2) is 6.78. The number of aromatic nitrogens is 2. The minimum absolute atomic E-state index is 0.545. The summed E-state index contributed by atoms with van der Waals surface area (Å²) in [6.07, 6.45) is 5.72. The Morgan fingerprint density at radius 2 is 2.40 bits per heavy atom. The molecule has 0 atom stereocenters. The molecule has 5 nitrogen and oxygen atoms in total. The molecule has 82 valence electrons. The Morgan fingerprint density at radius 3 is 3.13 bits per heavy atom. The Bertz CT molecular complexity index is 303. The molecule has 5 heteroatoms. The Kier molecular flexibility index (Phi) is 5.18. The van der Waals surface area contributed by atoms with Gasteiger partial charge in [-0.2, -0.15) is 0 Å². The zero-order chi connectivity index (χ0) is 10.9. The number of nitrogens with two attached hydrogens (primary N) is 1. The molecule has 0 saturated heterocycles. The molecule has 3 N–H and O–H groups in total. The van der Waals surface area contributed by atoms with Gasteiger partial charge in [0.2, 0.25) is 0 Å². The molecule has 0 aliphatic carbocycles. The first kappa shape index (κ1) is 11.5. The summed E-state index contributed by atoms with van der Waals surface area (Å²) in [6, 6.07) is 0. The van der Waals surface area contributed by atoms with Crippen molar-refractivity contribution >= 4 is 11.5 Å². The average Bonchev–Trinajstić information content (AvgIpc) is 2.25. The van der Waals surface area contributed by atoms with E-state index in [1.54, 1.807) is 6.20 Å². The van der Waals surface area contributed by atoms with Crippen molar-refractivity contribution in [3.8, 4) is 0 Å². The van der Waals surface area contributed by atoms with E-state index in [0.717, 1.165) is 6.42 Å². The van der Waals surface area contributed by atoms with Crippen LogP contribution in [0.2, 0.25) is 0 Å². The highest BCUT2D eigenvalue weighted by atomic mass is 16.5. The SMILES string of the molecule is C=CCCOCCNc1ncncc1N. The van der Waals surface area contributed by atoms with Crippen LogP contribution in [0.4, 0.5) is 11.5 Å². The predicted octanol–water partition coefficient (Wildman–Crippen LogP) is 1.06. The third-order valence-corrected chi connectivity index (χ3v) is 1.75. The van der Waals surface area contributed by atoms with Gasteiger partial charge in [-0.05, 0) is 6.42 Å². The minimum atomic E-state index is 0.545. The van der Waals surface area contributed by atoms with Gasteiger partial charge in [-0.1, -0.05) is 6.08 Å². The molecule has 0 aromatic carbocycles. The normalized spacial score (nSPS) is 9.87. The maximum absolute atomic E-state index is 5.64. The van der Waals surface area contributed by atoms with Crippen molar-refractivity contribution in [2.75, 3.05) is 30.8 Å². The molecule has 0 spiro atoms. The van der Waals surface area contributed by atoms with Crippen molar-refractivity contribution < 1.29 is 4.74 Å². The number of nitrogens with zero attached hydrogens (tertiary/aromatic N) is 2. The van der Waals surface area contributed by atoms with Crippen molar-refractivity contribution in [3.05, 3.63) is 25.2 Å². The summed E-state index contributed by atoms with van der Waals surface area (Å²) in [4.78, 5) is 7.79. The van der Waals surface area contributed by atoms with E-state index < -0.39 is 0 Å². The van der Waals surface area contributed by atoms with Crippen LogP contribution in [0.3, 0.4) is 0 Å². The predicted molar refractivity (Wildman–Crippen MR) is 60.6 cm³/mol. The molecule has 0 aliphatic rings. The molecule has 0 unspecified atom stereocenters. The Hall–Kier alpha value is -1.62. The zero-order valence-electron chi connectivity index (χ0n) is 8.65. The molecular weight excluding hydrogens is 192 g/mol. The lowest BCUT2D eigenvalue weighted by Gasteiger charge is -2.07. The number of hydrogen-bond acceptors (Lipinski definition) is 5. The number of nitrogens with one attached hydrogen (secondary N) is 1. The molecule has 0 amide bonds. The monoisotopic (exact) mass is 208 g/mol. The van der Waals surface area contributed by atoms with Crippen LogP contribution in [0.5, 0.6) is 0 Å². The number of rotatable bonds is 7. The van der Waals surface area contributed by atoms with E-state index in [2.05, 4.69) is 21.9 Å². The van der Waals surface area contributed by atoms with E-state index in [-0.39, 0.29) is 0 Å². The van der Waals surface area contributed by atoms with Gasteiger partial charge in [0, 0.05) is 6.54 Å². The number of anilines is 2. The highest BCUT2D eigenvalue weighted by Gasteiger charge is 1.97. The maximum Gasteiger partial charge on any atom is 0.152 e. The summed E-state index contributed by atoms with van der Waals surface area (Å²) < 4.78 is 5.32. The fourth-order valence-corrected chi connectivity index (χ4v) is 0.998. The summed E-state index contributed by atoms with van der Waals surface area (Å²) in [6.45, 7) is 5.61. The van der Waals surface area contributed by atoms with Crippen LogP contribution in [-0.2, 0) is 4.74 Å². The van der Waals surface area contributed by atoms with Gasteiger partial charge >= 0.3 is 0 Å². The van der Waals surface area contributed by atoms with Gasteiger partial charge in [0.15, 0.2) is 5.82 Å². The maximum atomic E-state index is 5.64. The van der Waals surface area contributed by atoms with Gasteiger partial charge in [-0.15, -0.1) is 6.58 Å². The highest BCUT2D eigenvalue weighted by molar-refractivity contribution is 5.58. The molecule has 0 aliphatic heterocycles. The highest BCUT2D eigenvalue weighted by Crippen LogP contribution is 2.10. The lowest BCUT2D eigenvalue weighted by molar-refractivity contribution is 0.149. The van der Waals surface area contributed by atoms with E-state index in [9.17, 15) is 0 Å². The standard InChI is InChI=1S/C10H16N4O/c1-2-3-5-15-6-4-13-10-9(11)7-12-8-14-10/h2,7-8H,1,3-6,11H2,(H,12,13,14). The molecule has 1 aromatic heterocycles. The molecule has 1 heterocycles. The van der Waals surface area contributed by atoms with Crippen LogP contribution in [0.15, 0.2) is 25.2 Å². The summed E-state index contributed by atoms with van der Waals surface area (Å²) in [5.74, 6) is 0.650. The van der Waals surface area contributed by atoms with Gasteiger partial charge in [0.05, 0.1) is 25.1 Å². The van der Waals surface area contributed by atoms with Crippen molar-refractivity contribution in [2.45, 2.75) is 6.42 Å². The Morgan fingerprint density at radius 1 is 1.53 bits per heavy atom. The van der Waals surface area contributed by atoms with Gasteiger partial charge in [0.1, 0.15) is 6.33 Å². The topological polar surface area (TPSA) is 73.1 Å². The van der Waals surface area contributed by atoms with Crippen LogP contribution in [0, 0.1) is 0 Å². The van der Waals surface area contributed by atoms with E-state index in [4.69, 9.17) is 10.5 Å². The Labute approximate surface area is 89.4 Å². The molecule has 0 radical (unpaired) electrons. The first-order valence-electron chi connectivity index (χ1n) is 4.82. The summed E-state index contributed by atoms with van der Waals surface area (Å²) in [7, 11) is 0. The lowest BCUT2D eigenvalue weighted by atomic mass is 10.4. The summed E-state index contributed by atoms with van der Waals surface area (Å²) in [5.41, 5.74) is 6.19. The fourth-order valence-electron chi connectivity index (χ4n) is 0.998. The summed E-state index contributed by atoms with van der Waals surface area (Å²) >= 11 is 0. The third-order valence-electron chi connectivity index (χ3n) is 1.75. The molecule has 1 rings (SSSR count). The fraction of sp³-hybridized carbons (Fsp3) is 0.400. The zero-order valence-corrected chi connectivity index (χ0v) is 8.65. The lowest BCUT2D eigenvalue weighted by Crippen LogP contribution is -2.12. The summed E-state index contributed by atoms with van der Waals surface area (Å²) in [5, 5.41) is 3.06. The van der Waals surface area contributed by atoms with Gasteiger partial charge < -0.3 is 15.8 Å². The second-order valence-corrected chi connectivity index (χ2v) is 2.94. The van der Waals surface area contributed by atoms with Gasteiger partial charge in [-0.3, -0.25) is 0 Å². The van der Waals surface area contributed by atoms with E-state index >= 15 is 0 Å². The largest absolute Gasteiger partial charge is 0.394 e. The number of ether oxygens (including phenoxy) is 1. The van der Waals surface area contributed by atoms with E-state index in [1.165, 1.54) is 6.33 Å². The molecular formula is C10H16N4O. The minimum Gasteiger partial charge on any atom is -0.394 e. The quantitative estimate of drug-likeness (QED) is 0.518. The van der Waals surface area contributed by atoms with Crippen molar-refractivity contribution in [1.82, 2.24) is 9.97 Å². The van der Waals surface area contributed by atoms with Crippen LogP contribution in [0.1, 0.15) is 6.42 Å². The second-order valence-electron chi connectivity index (χ2n) is 2.94. The van der Waals surface area contributed by atoms with Crippen molar-refractivity contribution in [2.24, 2.45) is 0 Å². The Balaban J connectivity index is 2.15. The number of nitrogen functional groups attached to an aromatic ring is 1. The molecule has 0 bridgehead atoms. The molecule has 1 aromatic rings. The van der Waals surface area contributed by atoms with E-state index in [1.807, 2.05) is 6.08 Å². The molecule has 15 heavy (non-hydrogen) atoms. The van der Waals surface area contributed by atoms with Crippen LogP contribution in [-0.4, -0.2) is 29.7 Å². The van der Waals surface area contributed by atoms with Gasteiger partial charge in [0.25, 0.3) is 0 Å². The number of hydrogen-bond donors (Lipinski definition) is 2. The van der Waals surface area contributed by atoms with Crippen LogP contribution >= 0.6 is 0 Å².